The number of anilines is 2. The van der Waals surface area contributed by atoms with Gasteiger partial charge in [0.15, 0.2) is 0 Å². The molecule has 0 amide bonds. The number of rotatable bonds is 11. The van der Waals surface area contributed by atoms with Crippen LogP contribution in [0.15, 0.2) is 6.33 Å². The Morgan fingerprint density at radius 2 is 2.05 bits per heavy atom. The van der Waals surface area contributed by atoms with Crippen molar-refractivity contribution < 1.29 is 9.84 Å². The zero-order valence-electron chi connectivity index (χ0n) is 13.4. The molecule has 1 heterocycles. The van der Waals surface area contributed by atoms with Crippen molar-refractivity contribution in [2.24, 2.45) is 0 Å². The SMILES string of the molecule is CCCNc1ncnc(N(CCO)CCOC)c1CCC. The number of aliphatic hydroxyl groups is 1. The topological polar surface area (TPSA) is 70.5 Å². The second-order valence-corrected chi connectivity index (χ2v) is 4.90. The average Bonchev–Trinajstić information content (AvgIpc) is 2.50. The molecule has 6 heteroatoms. The van der Waals surface area contributed by atoms with Gasteiger partial charge in [-0.3, -0.25) is 0 Å². The van der Waals surface area contributed by atoms with E-state index in [1.807, 2.05) is 0 Å². The fraction of sp³-hybridized carbons (Fsp3) is 0.733. The van der Waals surface area contributed by atoms with Gasteiger partial charge in [-0.1, -0.05) is 20.3 Å². The third-order valence-corrected chi connectivity index (χ3v) is 3.20. The standard InChI is InChI=1S/C15H28N4O2/c1-4-6-13-14(16-7-5-2)17-12-18-15(13)19(8-10-20)9-11-21-3/h12,20H,4-11H2,1-3H3,(H,16,17,18). The van der Waals surface area contributed by atoms with E-state index in [-0.39, 0.29) is 6.61 Å². The number of nitrogens with zero attached hydrogens (tertiary/aromatic N) is 3. The first-order valence-corrected chi connectivity index (χ1v) is 7.70. The molecule has 0 aromatic carbocycles. The Morgan fingerprint density at radius 1 is 1.24 bits per heavy atom. The highest BCUT2D eigenvalue weighted by Crippen LogP contribution is 2.25. The molecule has 1 rings (SSSR count). The maximum absolute atomic E-state index is 9.29. The Hall–Kier alpha value is -1.40. The van der Waals surface area contributed by atoms with E-state index in [1.54, 1.807) is 13.4 Å². The Balaban J connectivity index is 3.04. The van der Waals surface area contributed by atoms with Gasteiger partial charge in [0.25, 0.3) is 0 Å². The minimum Gasteiger partial charge on any atom is -0.395 e. The summed E-state index contributed by atoms with van der Waals surface area (Å²) in [5, 5.41) is 12.7. The molecule has 0 radical (unpaired) electrons. The van der Waals surface area contributed by atoms with Gasteiger partial charge in [0.05, 0.1) is 13.2 Å². The van der Waals surface area contributed by atoms with Gasteiger partial charge in [0.1, 0.15) is 18.0 Å². The van der Waals surface area contributed by atoms with Gasteiger partial charge in [-0.2, -0.15) is 0 Å². The molecule has 0 atom stereocenters. The first-order valence-electron chi connectivity index (χ1n) is 7.70. The van der Waals surface area contributed by atoms with Gasteiger partial charge in [-0.05, 0) is 12.8 Å². The zero-order chi connectivity index (χ0) is 15.5. The summed E-state index contributed by atoms with van der Waals surface area (Å²) in [5.41, 5.74) is 1.12. The molecule has 0 fully saturated rings. The monoisotopic (exact) mass is 296 g/mol. The lowest BCUT2D eigenvalue weighted by atomic mass is 10.1. The second-order valence-electron chi connectivity index (χ2n) is 4.90. The van der Waals surface area contributed by atoms with Crippen molar-refractivity contribution in [2.45, 2.75) is 33.1 Å². The molecule has 0 unspecified atom stereocenters. The number of hydrogen-bond acceptors (Lipinski definition) is 6. The first-order chi connectivity index (χ1) is 10.3. The first kappa shape index (κ1) is 17.7. The van der Waals surface area contributed by atoms with Gasteiger partial charge in [-0.15, -0.1) is 0 Å². The summed E-state index contributed by atoms with van der Waals surface area (Å²) in [7, 11) is 1.68. The summed E-state index contributed by atoms with van der Waals surface area (Å²) >= 11 is 0. The van der Waals surface area contributed by atoms with E-state index in [0.717, 1.165) is 43.0 Å². The molecule has 0 aliphatic carbocycles. The van der Waals surface area contributed by atoms with Crippen LogP contribution in [0.4, 0.5) is 11.6 Å². The largest absolute Gasteiger partial charge is 0.395 e. The molecule has 2 N–H and O–H groups in total. The highest BCUT2D eigenvalue weighted by atomic mass is 16.5. The predicted octanol–water partition coefficient (Wildman–Crippen LogP) is 1.70. The van der Waals surface area contributed by atoms with Crippen LogP contribution in [0.1, 0.15) is 32.3 Å². The molecule has 0 spiro atoms. The molecular weight excluding hydrogens is 268 g/mol. The quantitative estimate of drug-likeness (QED) is 0.647. The highest BCUT2D eigenvalue weighted by molar-refractivity contribution is 5.59. The van der Waals surface area contributed by atoms with Crippen molar-refractivity contribution in [3.63, 3.8) is 0 Å². The number of nitrogens with one attached hydrogen (secondary N) is 1. The molecule has 0 aliphatic heterocycles. The van der Waals surface area contributed by atoms with Gasteiger partial charge < -0.3 is 20.1 Å². The van der Waals surface area contributed by atoms with Gasteiger partial charge >= 0.3 is 0 Å². The van der Waals surface area contributed by atoms with Crippen LogP contribution in [0.2, 0.25) is 0 Å². The van der Waals surface area contributed by atoms with Crippen molar-refractivity contribution in [3.8, 4) is 0 Å². The Bertz CT molecular complexity index is 401. The summed E-state index contributed by atoms with van der Waals surface area (Å²) in [6.45, 7) is 7.12. The molecule has 0 saturated heterocycles. The molecule has 6 nitrogen and oxygen atoms in total. The van der Waals surface area contributed by atoms with E-state index in [4.69, 9.17) is 4.74 Å². The smallest absolute Gasteiger partial charge is 0.137 e. The van der Waals surface area contributed by atoms with Gasteiger partial charge in [0, 0.05) is 32.3 Å². The van der Waals surface area contributed by atoms with Crippen molar-refractivity contribution >= 4 is 11.6 Å². The Labute approximate surface area is 127 Å². The highest BCUT2D eigenvalue weighted by Gasteiger charge is 2.16. The van der Waals surface area contributed by atoms with Gasteiger partial charge in [-0.25, -0.2) is 9.97 Å². The molecule has 1 aromatic heterocycles. The van der Waals surface area contributed by atoms with Crippen LogP contribution in [0.5, 0.6) is 0 Å². The van der Waals surface area contributed by atoms with E-state index < -0.39 is 0 Å². The lowest BCUT2D eigenvalue weighted by molar-refractivity contribution is 0.202. The molecular formula is C15H28N4O2. The van der Waals surface area contributed by atoms with Gasteiger partial charge in [0.2, 0.25) is 0 Å². The maximum Gasteiger partial charge on any atom is 0.137 e. The summed E-state index contributed by atoms with van der Waals surface area (Å²) in [6, 6.07) is 0. The average molecular weight is 296 g/mol. The number of aromatic nitrogens is 2. The second kappa shape index (κ2) is 10.3. The minimum absolute atomic E-state index is 0.0943. The van der Waals surface area contributed by atoms with E-state index in [9.17, 15) is 5.11 Å². The van der Waals surface area contributed by atoms with Crippen LogP contribution in [-0.4, -0.2) is 55.0 Å². The van der Waals surface area contributed by atoms with Crippen LogP contribution in [0, 0.1) is 0 Å². The van der Waals surface area contributed by atoms with Crippen molar-refractivity contribution in [2.75, 3.05) is 50.2 Å². The third kappa shape index (κ3) is 5.47. The van der Waals surface area contributed by atoms with Crippen molar-refractivity contribution in [3.05, 3.63) is 11.9 Å². The Kier molecular flexibility index (Phi) is 8.69. The third-order valence-electron chi connectivity index (χ3n) is 3.20. The maximum atomic E-state index is 9.29. The van der Waals surface area contributed by atoms with E-state index in [1.165, 1.54) is 0 Å². The van der Waals surface area contributed by atoms with Crippen LogP contribution in [0.3, 0.4) is 0 Å². The number of aliphatic hydroxyl groups excluding tert-OH is 1. The van der Waals surface area contributed by atoms with Crippen LogP contribution in [-0.2, 0) is 11.2 Å². The van der Waals surface area contributed by atoms with E-state index in [0.29, 0.717) is 19.7 Å². The van der Waals surface area contributed by atoms with Crippen molar-refractivity contribution in [1.29, 1.82) is 0 Å². The lowest BCUT2D eigenvalue weighted by Crippen LogP contribution is -2.32. The summed E-state index contributed by atoms with van der Waals surface area (Å²) in [4.78, 5) is 10.9. The Morgan fingerprint density at radius 3 is 2.67 bits per heavy atom. The minimum atomic E-state index is 0.0943. The molecule has 1 aromatic rings. The molecule has 21 heavy (non-hydrogen) atoms. The summed E-state index contributed by atoms with van der Waals surface area (Å²) < 4.78 is 5.15. The van der Waals surface area contributed by atoms with E-state index in [2.05, 4.69) is 34.0 Å². The van der Waals surface area contributed by atoms with Crippen LogP contribution in [0.25, 0.3) is 0 Å². The molecule has 0 aliphatic rings. The normalized spacial score (nSPS) is 10.7. The number of hydrogen-bond donors (Lipinski definition) is 2. The predicted molar refractivity (Wildman–Crippen MR) is 86.0 cm³/mol. The lowest BCUT2D eigenvalue weighted by Gasteiger charge is -2.25. The summed E-state index contributed by atoms with van der Waals surface area (Å²) in [6.07, 6.45) is 4.58. The molecule has 120 valence electrons. The number of methoxy groups -OCH3 is 1. The molecule has 0 saturated carbocycles. The van der Waals surface area contributed by atoms with E-state index >= 15 is 0 Å². The fourth-order valence-electron chi connectivity index (χ4n) is 2.20. The number of ether oxygens (including phenoxy) is 1. The molecule has 0 bridgehead atoms. The van der Waals surface area contributed by atoms with Crippen LogP contribution < -0.4 is 10.2 Å². The van der Waals surface area contributed by atoms with Crippen molar-refractivity contribution in [1.82, 2.24) is 9.97 Å². The zero-order valence-corrected chi connectivity index (χ0v) is 13.4. The fourth-order valence-corrected chi connectivity index (χ4v) is 2.20. The summed E-state index contributed by atoms with van der Waals surface area (Å²) in [5.74, 6) is 1.81. The van der Waals surface area contributed by atoms with Crippen LogP contribution >= 0.6 is 0 Å².